The fourth-order valence-corrected chi connectivity index (χ4v) is 3.73. The second kappa shape index (κ2) is 7.70. The maximum Gasteiger partial charge on any atom is 0.244 e. The molecule has 8 heteroatoms. The summed E-state index contributed by atoms with van der Waals surface area (Å²) < 4.78 is 11.6. The van der Waals surface area contributed by atoms with Gasteiger partial charge in [-0.05, 0) is 31.2 Å². The molecule has 0 fully saturated rings. The summed E-state index contributed by atoms with van der Waals surface area (Å²) in [5.41, 5.74) is 9.30. The molecule has 0 radical (unpaired) electrons. The van der Waals surface area contributed by atoms with Crippen LogP contribution in [-0.2, 0) is 6.61 Å². The number of halogens is 2. The van der Waals surface area contributed by atoms with Gasteiger partial charge >= 0.3 is 0 Å². The van der Waals surface area contributed by atoms with E-state index in [-0.39, 0.29) is 18.1 Å². The molecule has 1 aromatic heterocycles. The third-order valence-corrected chi connectivity index (χ3v) is 5.36. The van der Waals surface area contributed by atoms with Gasteiger partial charge in [-0.1, -0.05) is 41.4 Å². The number of aromatic amines is 1. The van der Waals surface area contributed by atoms with Gasteiger partial charge in [0.1, 0.15) is 24.0 Å². The Bertz CT molecular complexity index is 1160. The predicted octanol–water partition coefficient (Wildman–Crippen LogP) is 4.82. The van der Waals surface area contributed by atoms with Crippen molar-refractivity contribution in [3.63, 3.8) is 0 Å². The Morgan fingerprint density at radius 1 is 1.28 bits per heavy atom. The van der Waals surface area contributed by atoms with Crippen LogP contribution in [0, 0.1) is 18.3 Å². The van der Waals surface area contributed by atoms with Crippen LogP contribution in [0.4, 0.5) is 0 Å². The van der Waals surface area contributed by atoms with Crippen molar-refractivity contribution in [3.05, 3.63) is 86.4 Å². The largest absolute Gasteiger partial charge is 0.489 e. The van der Waals surface area contributed by atoms with E-state index in [1.54, 1.807) is 24.3 Å². The number of H-pyrrole nitrogens is 1. The highest BCUT2D eigenvalue weighted by molar-refractivity contribution is 6.31. The second-order valence-electron chi connectivity index (χ2n) is 6.55. The van der Waals surface area contributed by atoms with E-state index in [4.69, 9.17) is 38.4 Å². The number of hydrogen-bond acceptors (Lipinski definition) is 5. The summed E-state index contributed by atoms with van der Waals surface area (Å²) in [6.07, 6.45) is 0. The summed E-state index contributed by atoms with van der Waals surface area (Å²) in [4.78, 5) is 0. The molecule has 1 atom stereocenters. The average molecular weight is 427 g/mol. The first-order valence-electron chi connectivity index (χ1n) is 8.77. The van der Waals surface area contributed by atoms with Crippen LogP contribution in [0.5, 0.6) is 11.6 Å². The summed E-state index contributed by atoms with van der Waals surface area (Å²) in [5.74, 6) is 0.380. The summed E-state index contributed by atoms with van der Waals surface area (Å²) in [6.45, 7) is 2.11. The monoisotopic (exact) mass is 426 g/mol. The fraction of sp³-hybridized carbons (Fsp3) is 0.143. The quantitative estimate of drug-likeness (QED) is 0.622. The van der Waals surface area contributed by atoms with Crippen molar-refractivity contribution in [3.8, 4) is 17.7 Å². The number of nitriles is 1. The highest BCUT2D eigenvalue weighted by Crippen LogP contribution is 2.46. The first kappa shape index (κ1) is 19.2. The molecule has 4 rings (SSSR count). The number of nitrogens with zero attached hydrogens (tertiary/aromatic N) is 2. The van der Waals surface area contributed by atoms with Crippen molar-refractivity contribution in [2.24, 2.45) is 5.73 Å². The van der Waals surface area contributed by atoms with E-state index in [2.05, 4.69) is 16.3 Å². The number of aryl methyl sites for hydroxylation is 1. The van der Waals surface area contributed by atoms with Gasteiger partial charge in [0.15, 0.2) is 0 Å². The Balaban J connectivity index is 1.80. The van der Waals surface area contributed by atoms with E-state index >= 15 is 0 Å². The van der Waals surface area contributed by atoms with Gasteiger partial charge in [-0.3, -0.25) is 5.10 Å². The van der Waals surface area contributed by atoms with E-state index < -0.39 is 5.92 Å². The Hall–Kier alpha value is -3.14. The van der Waals surface area contributed by atoms with E-state index in [0.29, 0.717) is 27.2 Å². The molecule has 0 saturated heterocycles. The van der Waals surface area contributed by atoms with E-state index in [9.17, 15) is 5.26 Å². The Kier molecular flexibility index (Phi) is 5.10. The highest BCUT2D eigenvalue weighted by Gasteiger charge is 2.36. The molecule has 2 heterocycles. The van der Waals surface area contributed by atoms with Crippen molar-refractivity contribution >= 4 is 23.2 Å². The Morgan fingerprint density at radius 2 is 2.07 bits per heavy atom. The van der Waals surface area contributed by atoms with Gasteiger partial charge in [-0.2, -0.15) is 5.26 Å². The van der Waals surface area contributed by atoms with Crippen molar-refractivity contribution in [2.75, 3.05) is 0 Å². The average Bonchev–Trinajstić information content (AvgIpc) is 3.07. The van der Waals surface area contributed by atoms with E-state index in [1.807, 2.05) is 25.1 Å². The molecule has 3 aromatic rings. The molecule has 3 N–H and O–H groups in total. The minimum absolute atomic E-state index is 0.00790. The zero-order chi connectivity index (χ0) is 20.5. The van der Waals surface area contributed by atoms with Crippen molar-refractivity contribution < 1.29 is 9.47 Å². The number of benzene rings is 2. The van der Waals surface area contributed by atoms with Crippen LogP contribution in [0.2, 0.25) is 10.0 Å². The predicted molar refractivity (Wildman–Crippen MR) is 110 cm³/mol. The van der Waals surface area contributed by atoms with Crippen molar-refractivity contribution in [1.29, 1.82) is 5.26 Å². The summed E-state index contributed by atoms with van der Waals surface area (Å²) in [6, 6.07) is 14.9. The molecule has 0 spiro atoms. The number of allylic oxidation sites excluding steroid dienone is 1. The van der Waals surface area contributed by atoms with Gasteiger partial charge < -0.3 is 15.2 Å². The lowest BCUT2D eigenvalue weighted by Crippen LogP contribution is -2.21. The molecule has 0 amide bonds. The molecule has 1 unspecified atom stereocenters. The van der Waals surface area contributed by atoms with Crippen LogP contribution < -0.4 is 15.2 Å². The number of nitrogens with one attached hydrogen (secondary N) is 1. The second-order valence-corrected chi connectivity index (χ2v) is 7.40. The molecule has 0 bridgehead atoms. The smallest absolute Gasteiger partial charge is 0.244 e. The highest BCUT2D eigenvalue weighted by atomic mass is 35.5. The van der Waals surface area contributed by atoms with Crippen LogP contribution in [0.3, 0.4) is 0 Å². The normalized spacial score (nSPS) is 15.4. The van der Waals surface area contributed by atoms with Crippen LogP contribution in [-0.4, -0.2) is 10.2 Å². The molecular weight excluding hydrogens is 411 g/mol. The molecule has 6 nitrogen and oxygen atoms in total. The maximum absolute atomic E-state index is 9.76. The minimum Gasteiger partial charge on any atom is -0.489 e. The van der Waals surface area contributed by atoms with Gasteiger partial charge in [-0.25, -0.2) is 0 Å². The fourth-order valence-electron chi connectivity index (χ4n) is 3.36. The molecule has 1 aliphatic heterocycles. The zero-order valence-electron chi connectivity index (χ0n) is 15.4. The summed E-state index contributed by atoms with van der Waals surface area (Å²) >= 11 is 12.5. The zero-order valence-corrected chi connectivity index (χ0v) is 16.9. The number of hydrogen-bond donors (Lipinski definition) is 2. The lowest BCUT2D eigenvalue weighted by atomic mass is 9.83. The lowest BCUT2D eigenvalue weighted by Gasteiger charge is -2.25. The molecule has 0 saturated carbocycles. The Labute approximate surface area is 177 Å². The van der Waals surface area contributed by atoms with Crippen LogP contribution in [0.25, 0.3) is 0 Å². The van der Waals surface area contributed by atoms with Gasteiger partial charge in [0.05, 0.1) is 5.92 Å². The third-order valence-electron chi connectivity index (χ3n) is 4.75. The van der Waals surface area contributed by atoms with Crippen LogP contribution in [0.15, 0.2) is 53.9 Å². The van der Waals surface area contributed by atoms with Gasteiger partial charge in [-0.15, -0.1) is 5.10 Å². The number of rotatable bonds is 4. The number of nitrogens with two attached hydrogens (primary N) is 1. The first-order valence-corrected chi connectivity index (χ1v) is 9.53. The third kappa shape index (κ3) is 3.51. The molecule has 146 valence electrons. The minimum atomic E-state index is -0.526. The molecule has 1 aliphatic rings. The number of aromatic nitrogens is 2. The summed E-state index contributed by atoms with van der Waals surface area (Å²) in [5, 5.41) is 17.9. The standard InChI is InChI=1S/C21H16Cl2N4O2/c1-11-18-19(15(9-24)20(25)29-21(18)27-26-11)14-8-13(22)6-7-17(14)28-10-12-4-2-3-5-16(12)23/h2-8,19H,10,25H2,1H3,(H,26,27). The van der Waals surface area contributed by atoms with Gasteiger partial charge in [0.25, 0.3) is 0 Å². The maximum atomic E-state index is 9.76. The van der Waals surface area contributed by atoms with Crippen molar-refractivity contribution in [1.82, 2.24) is 10.2 Å². The first-order chi connectivity index (χ1) is 14.0. The van der Waals surface area contributed by atoms with Gasteiger partial charge in [0, 0.05) is 32.4 Å². The SMILES string of the molecule is Cc1[nH]nc2c1C(c1cc(Cl)ccc1OCc1ccccc1Cl)C(C#N)=C(N)O2. The molecule has 2 aromatic carbocycles. The van der Waals surface area contributed by atoms with E-state index in [1.165, 1.54) is 0 Å². The molecular formula is C21H16Cl2N4O2. The van der Waals surface area contributed by atoms with Crippen molar-refractivity contribution in [2.45, 2.75) is 19.4 Å². The number of fused-ring (bicyclic) bond motifs is 1. The lowest BCUT2D eigenvalue weighted by molar-refractivity contribution is 0.301. The van der Waals surface area contributed by atoms with Crippen LogP contribution in [0.1, 0.15) is 28.3 Å². The topological polar surface area (TPSA) is 97.0 Å². The molecule has 29 heavy (non-hydrogen) atoms. The van der Waals surface area contributed by atoms with E-state index in [0.717, 1.165) is 16.8 Å². The Morgan fingerprint density at radius 3 is 2.83 bits per heavy atom. The summed E-state index contributed by atoms with van der Waals surface area (Å²) in [7, 11) is 0. The van der Waals surface area contributed by atoms with Gasteiger partial charge in [0.2, 0.25) is 11.8 Å². The number of ether oxygens (including phenoxy) is 2. The van der Waals surface area contributed by atoms with Crippen LogP contribution >= 0.6 is 23.2 Å². The molecule has 0 aliphatic carbocycles.